The number of nitriles is 1. The second-order valence-corrected chi connectivity index (χ2v) is 6.91. The zero-order valence-corrected chi connectivity index (χ0v) is 14.9. The fourth-order valence-electron chi connectivity index (χ4n) is 4.30. The van der Waals surface area contributed by atoms with E-state index in [0.717, 1.165) is 49.4 Å². The van der Waals surface area contributed by atoms with Gasteiger partial charge in [-0.1, -0.05) is 48.5 Å². The minimum absolute atomic E-state index is 0.655. The van der Waals surface area contributed by atoms with Crippen molar-refractivity contribution < 1.29 is 4.42 Å². The number of fused-ring (bicyclic) bond motifs is 7. The number of hydrogen-bond donors (Lipinski definition) is 0. The SMILES string of the molecule is N#Cc1ccccc1-n1c2ccccc2c2c3c(ccc21)oc1ccccc13. The van der Waals surface area contributed by atoms with Crippen molar-refractivity contribution in [1.29, 1.82) is 5.26 Å². The van der Waals surface area contributed by atoms with E-state index in [0.29, 0.717) is 5.56 Å². The van der Waals surface area contributed by atoms with Gasteiger partial charge in [0, 0.05) is 21.5 Å². The van der Waals surface area contributed by atoms with Crippen molar-refractivity contribution >= 4 is 43.7 Å². The van der Waals surface area contributed by atoms with Gasteiger partial charge in [0.1, 0.15) is 17.2 Å². The first-order chi connectivity index (χ1) is 13.9. The summed E-state index contributed by atoms with van der Waals surface area (Å²) in [5.41, 5.74) is 5.47. The molecule has 130 valence electrons. The summed E-state index contributed by atoms with van der Waals surface area (Å²) < 4.78 is 8.29. The van der Waals surface area contributed by atoms with Crippen molar-refractivity contribution in [2.75, 3.05) is 0 Å². The Bertz CT molecular complexity index is 1580. The summed E-state index contributed by atoms with van der Waals surface area (Å²) >= 11 is 0. The van der Waals surface area contributed by atoms with Gasteiger partial charge in [0.05, 0.1) is 22.3 Å². The van der Waals surface area contributed by atoms with Crippen LogP contribution in [0.15, 0.2) is 89.3 Å². The molecule has 0 aliphatic heterocycles. The van der Waals surface area contributed by atoms with Gasteiger partial charge >= 0.3 is 0 Å². The van der Waals surface area contributed by atoms with Crippen molar-refractivity contribution in [2.24, 2.45) is 0 Å². The summed E-state index contributed by atoms with van der Waals surface area (Å²) in [6, 6.07) is 30.7. The smallest absolute Gasteiger partial charge is 0.136 e. The summed E-state index contributed by atoms with van der Waals surface area (Å²) in [6.45, 7) is 0. The third-order valence-electron chi connectivity index (χ3n) is 5.44. The highest BCUT2D eigenvalue weighted by Gasteiger charge is 2.19. The quantitative estimate of drug-likeness (QED) is 0.334. The van der Waals surface area contributed by atoms with E-state index in [1.807, 2.05) is 54.6 Å². The summed E-state index contributed by atoms with van der Waals surface area (Å²) in [5.74, 6) is 0. The Morgan fingerprint density at radius 2 is 1.39 bits per heavy atom. The molecule has 28 heavy (non-hydrogen) atoms. The molecule has 0 N–H and O–H groups in total. The molecule has 6 aromatic rings. The first kappa shape index (κ1) is 15.1. The highest BCUT2D eigenvalue weighted by molar-refractivity contribution is 6.27. The third kappa shape index (κ3) is 1.87. The van der Waals surface area contributed by atoms with Gasteiger partial charge in [-0.3, -0.25) is 0 Å². The van der Waals surface area contributed by atoms with Gasteiger partial charge in [-0.2, -0.15) is 5.26 Å². The largest absolute Gasteiger partial charge is 0.456 e. The average Bonchev–Trinajstić information content (AvgIpc) is 3.29. The molecule has 0 spiro atoms. The van der Waals surface area contributed by atoms with Crippen molar-refractivity contribution in [3.05, 3.63) is 90.5 Å². The second kappa shape index (κ2) is 5.48. The molecular weight excluding hydrogens is 344 g/mol. The van der Waals surface area contributed by atoms with Crippen LogP contribution in [0.25, 0.3) is 49.4 Å². The lowest BCUT2D eigenvalue weighted by Crippen LogP contribution is -1.96. The van der Waals surface area contributed by atoms with Gasteiger partial charge in [-0.25, -0.2) is 0 Å². The van der Waals surface area contributed by atoms with Crippen LogP contribution in [-0.2, 0) is 0 Å². The Hall–Kier alpha value is -4.03. The number of nitrogens with zero attached hydrogens (tertiary/aromatic N) is 2. The molecule has 2 aromatic heterocycles. The number of hydrogen-bond acceptors (Lipinski definition) is 2. The minimum atomic E-state index is 0.655. The van der Waals surface area contributed by atoms with Crippen LogP contribution in [0.4, 0.5) is 0 Å². The molecule has 0 fully saturated rings. The maximum atomic E-state index is 9.66. The molecule has 0 saturated heterocycles. The Morgan fingerprint density at radius 3 is 2.29 bits per heavy atom. The number of furan rings is 1. The van der Waals surface area contributed by atoms with Gasteiger partial charge in [0.2, 0.25) is 0 Å². The van der Waals surface area contributed by atoms with Crippen LogP contribution in [-0.4, -0.2) is 4.57 Å². The highest BCUT2D eigenvalue weighted by atomic mass is 16.3. The van der Waals surface area contributed by atoms with Gasteiger partial charge in [0.25, 0.3) is 0 Å². The first-order valence-electron chi connectivity index (χ1n) is 9.20. The van der Waals surface area contributed by atoms with E-state index in [2.05, 4.69) is 41.0 Å². The van der Waals surface area contributed by atoms with E-state index in [1.165, 1.54) is 0 Å². The number of benzene rings is 4. The molecule has 0 radical (unpaired) electrons. The van der Waals surface area contributed by atoms with Crippen LogP contribution in [0, 0.1) is 11.3 Å². The normalized spacial score (nSPS) is 11.5. The van der Waals surface area contributed by atoms with E-state index in [1.54, 1.807) is 0 Å². The highest BCUT2D eigenvalue weighted by Crippen LogP contribution is 2.41. The molecule has 4 aromatic carbocycles. The molecule has 0 aliphatic rings. The molecule has 2 heterocycles. The number of rotatable bonds is 1. The van der Waals surface area contributed by atoms with Crippen LogP contribution < -0.4 is 0 Å². The fourth-order valence-corrected chi connectivity index (χ4v) is 4.30. The van der Waals surface area contributed by atoms with Crippen LogP contribution >= 0.6 is 0 Å². The van der Waals surface area contributed by atoms with Crippen molar-refractivity contribution in [3.63, 3.8) is 0 Å². The maximum absolute atomic E-state index is 9.66. The molecule has 6 rings (SSSR count). The second-order valence-electron chi connectivity index (χ2n) is 6.91. The molecule has 0 atom stereocenters. The monoisotopic (exact) mass is 358 g/mol. The van der Waals surface area contributed by atoms with Gasteiger partial charge in [-0.05, 0) is 36.4 Å². The first-order valence-corrected chi connectivity index (χ1v) is 9.20. The summed E-state index contributed by atoms with van der Waals surface area (Å²) in [7, 11) is 0. The van der Waals surface area contributed by atoms with Crippen LogP contribution in [0.5, 0.6) is 0 Å². The van der Waals surface area contributed by atoms with E-state index in [9.17, 15) is 5.26 Å². The average molecular weight is 358 g/mol. The molecule has 0 aliphatic carbocycles. The number of para-hydroxylation sites is 3. The van der Waals surface area contributed by atoms with E-state index < -0.39 is 0 Å². The van der Waals surface area contributed by atoms with Crippen LogP contribution in [0.2, 0.25) is 0 Å². The number of aromatic nitrogens is 1. The molecular formula is C25H14N2O. The van der Waals surface area contributed by atoms with E-state index in [4.69, 9.17) is 4.42 Å². The molecule has 3 heteroatoms. The lowest BCUT2D eigenvalue weighted by molar-refractivity contribution is 0.669. The van der Waals surface area contributed by atoms with E-state index >= 15 is 0 Å². The fraction of sp³-hybridized carbons (Fsp3) is 0. The summed E-state index contributed by atoms with van der Waals surface area (Å²) in [4.78, 5) is 0. The Kier molecular flexibility index (Phi) is 2.95. The van der Waals surface area contributed by atoms with Crippen molar-refractivity contribution in [3.8, 4) is 11.8 Å². The van der Waals surface area contributed by atoms with Gasteiger partial charge in [0.15, 0.2) is 0 Å². The molecule has 0 amide bonds. The predicted octanol–water partition coefficient (Wildman–Crippen LogP) is 6.55. The molecule has 3 nitrogen and oxygen atoms in total. The zero-order chi connectivity index (χ0) is 18.7. The molecule has 0 unspecified atom stereocenters. The van der Waals surface area contributed by atoms with Crippen LogP contribution in [0.3, 0.4) is 0 Å². The predicted molar refractivity (Wildman–Crippen MR) is 113 cm³/mol. The zero-order valence-electron chi connectivity index (χ0n) is 14.9. The van der Waals surface area contributed by atoms with Crippen LogP contribution in [0.1, 0.15) is 5.56 Å². The Morgan fingerprint density at radius 1 is 0.643 bits per heavy atom. The Balaban J connectivity index is 1.91. The van der Waals surface area contributed by atoms with E-state index in [-0.39, 0.29) is 0 Å². The van der Waals surface area contributed by atoms with Crippen molar-refractivity contribution in [2.45, 2.75) is 0 Å². The lowest BCUT2D eigenvalue weighted by Gasteiger charge is -2.09. The minimum Gasteiger partial charge on any atom is -0.456 e. The molecule has 0 bridgehead atoms. The topological polar surface area (TPSA) is 41.9 Å². The lowest BCUT2D eigenvalue weighted by atomic mass is 10.1. The Labute approximate surface area is 160 Å². The standard InChI is InChI=1S/C25H14N2O/c26-15-16-7-1-4-10-19(16)27-20-11-5-2-8-17(20)24-21(27)13-14-23-25(24)18-9-3-6-12-22(18)28-23/h1-14H. The van der Waals surface area contributed by atoms with Gasteiger partial charge in [-0.15, -0.1) is 0 Å². The molecule has 0 saturated carbocycles. The summed E-state index contributed by atoms with van der Waals surface area (Å²) in [5, 5.41) is 14.2. The third-order valence-corrected chi connectivity index (χ3v) is 5.44. The van der Waals surface area contributed by atoms with Gasteiger partial charge < -0.3 is 8.98 Å². The summed E-state index contributed by atoms with van der Waals surface area (Å²) in [6.07, 6.45) is 0. The van der Waals surface area contributed by atoms with Crippen molar-refractivity contribution in [1.82, 2.24) is 4.57 Å². The maximum Gasteiger partial charge on any atom is 0.136 e.